The predicted molar refractivity (Wildman–Crippen MR) is 80.6 cm³/mol. The lowest BCUT2D eigenvalue weighted by Gasteiger charge is -2.33. The lowest BCUT2D eigenvalue weighted by Crippen LogP contribution is -2.50. The van der Waals surface area contributed by atoms with Crippen LogP contribution >= 0.6 is 0 Å². The fraction of sp³-hybridized carbons (Fsp3) is 0.938. The van der Waals surface area contributed by atoms with E-state index in [9.17, 15) is 4.79 Å². The van der Waals surface area contributed by atoms with Gasteiger partial charge in [0.05, 0.1) is 7.11 Å². The Kier molecular flexibility index (Phi) is 5.85. The zero-order valence-electron chi connectivity index (χ0n) is 13.2. The molecule has 0 radical (unpaired) electrons. The highest BCUT2D eigenvalue weighted by Gasteiger charge is 2.32. The van der Waals surface area contributed by atoms with E-state index in [-0.39, 0.29) is 12.0 Å². The third-order valence-corrected chi connectivity index (χ3v) is 4.36. The number of ether oxygens (including phenoxy) is 1. The maximum absolute atomic E-state index is 12.0. The summed E-state index contributed by atoms with van der Waals surface area (Å²) in [7, 11) is 1.49. The maximum atomic E-state index is 12.0. The Bertz CT molecular complexity index is 310. The van der Waals surface area contributed by atoms with Crippen molar-refractivity contribution in [3.63, 3.8) is 0 Å². The Morgan fingerprint density at radius 1 is 1.20 bits per heavy atom. The average Bonchev–Trinajstić information content (AvgIpc) is 3.06. The van der Waals surface area contributed by atoms with Gasteiger partial charge >= 0.3 is 5.97 Å². The van der Waals surface area contributed by atoms with E-state index in [0.717, 1.165) is 13.1 Å². The summed E-state index contributed by atoms with van der Waals surface area (Å²) >= 11 is 0. The molecule has 1 N–H and O–H groups in total. The number of nitrogens with one attached hydrogen (secondary N) is 1. The first-order valence-electron chi connectivity index (χ1n) is 8.18. The van der Waals surface area contributed by atoms with Crippen molar-refractivity contribution in [1.29, 1.82) is 0 Å². The van der Waals surface area contributed by atoms with Gasteiger partial charge in [-0.05, 0) is 31.6 Å². The van der Waals surface area contributed by atoms with Crippen LogP contribution in [0.25, 0.3) is 0 Å². The molecule has 0 aliphatic heterocycles. The van der Waals surface area contributed by atoms with E-state index < -0.39 is 0 Å². The van der Waals surface area contributed by atoms with Gasteiger partial charge in [-0.1, -0.05) is 26.7 Å². The van der Waals surface area contributed by atoms with Crippen molar-refractivity contribution in [3.05, 3.63) is 0 Å². The van der Waals surface area contributed by atoms with Gasteiger partial charge in [-0.2, -0.15) is 0 Å². The van der Waals surface area contributed by atoms with Crippen LogP contribution in [0.1, 0.15) is 52.4 Å². The number of nitrogens with zero attached hydrogens (tertiary/aromatic N) is 1. The number of esters is 1. The molecule has 0 spiro atoms. The average molecular weight is 282 g/mol. The molecule has 1 unspecified atom stereocenters. The zero-order valence-corrected chi connectivity index (χ0v) is 13.2. The van der Waals surface area contributed by atoms with Crippen LogP contribution in [-0.4, -0.2) is 49.2 Å². The van der Waals surface area contributed by atoms with Crippen LogP contribution < -0.4 is 5.32 Å². The molecule has 0 heterocycles. The Morgan fingerprint density at radius 2 is 1.85 bits per heavy atom. The van der Waals surface area contributed by atoms with E-state index in [1.807, 2.05) is 0 Å². The van der Waals surface area contributed by atoms with E-state index in [0.29, 0.717) is 18.0 Å². The molecule has 4 heteroatoms. The molecule has 0 bridgehead atoms. The molecular formula is C16H30N2O2. The number of carbonyl (C=O) groups is 1. The zero-order chi connectivity index (χ0) is 14.5. The highest BCUT2D eigenvalue weighted by Crippen LogP contribution is 2.25. The molecule has 0 saturated heterocycles. The van der Waals surface area contributed by atoms with E-state index in [1.165, 1.54) is 45.6 Å². The second kappa shape index (κ2) is 7.41. The summed E-state index contributed by atoms with van der Waals surface area (Å²) < 4.78 is 4.98. The molecule has 116 valence electrons. The summed E-state index contributed by atoms with van der Waals surface area (Å²) in [5, 5.41) is 3.45. The van der Waals surface area contributed by atoms with Gasteiger partial charge in [-0.3, -0.25) is 9.69 Å². The van der Waals surface area contributed by atoms with Crippen molar-refractivity contribution < 1.29 is 9.53 Å². The molecule has 2 aliphatic rings. The minimum atomic E-state index is -0.160. The molecule has 2 saturated carbocycles. The van der Waals surface area contributed by atoms with Crippen LogP contribution in [0.15, 0.2) is 0 Å². The van der Waals surface area contributed by atoms with Gasteiger partial charge in [0.25, 0.3) is 0 Å². The quantitative estimate of drug-likeness (QED) is 0.693. The first kappa shape index (κ1) is 15.8. The standard InChI is InChI=1S/C16H30N2O2/c1-12(2)10-18(14-6-4-5-7-14)11-15(16(19)20-3)17-13-8-9-13/h12-15,17H,4-11H2,1-3H3. The molecule has 0 amide bonds. The lowest BCUT2D eigenvalue weighted by atomic mass is 10.1. The highest BCUT2D eigenvalue weighted by molar-refractivity contribution is 5.76. The van der Waals surface area contributed by atoms with Crippen LogP contribution in [0.5, 0.6) is 0 Å². The Labute approximate surface area is 123 Å². The molecule has 4 nitrogen and oxygen atoms in total. The largest absolute Gasteiger partial charge is 0.468 e. The molecule has 0 aromatic carbocycles. The van der Waals surface area contributed by atoms with Gasteiger partial charge < -0.3 is 10.1 Å². The monoisotopic (exact) mass is 282 g/mol. The number of hydrogen-bond acceptors (Lipinski definition) is 4. The number of carbonyl (C=O) groups excluding carboxylic acids is 1. The van der Waals surface area contributed by atoms with Crippen LogP contribution in [0, 0.1) is 5.92 Å². The van der Waals surface area contributed by atoms with Crippen molar-refractivity contribution in [1.82, 2.24) is 10.2 Å². The molecule has 0 aromatic heterocycles. The maximum Gasteiger partial charge on any atom is 0.324 e. The second-order valence-electron chi connectivity index (χ2n) is 6.80. The first-order valence-corrected chi connectivity index (χ1v) is 8.18. The summed E-state index contributed by atoms with van der Waals surface area (Å²) in [4.78, 5) is 14.5. The summed E-state index contributed by atoms with van der Waals surface area (Å²) in [6.07, 6.45) is 7.62. The molecule has 20 heavy (non-hydrogen) atoms. The Hall–Kier alpha value is -0.610. The SMILES string of the molecule is COC(=O)C(CN(CC(C)C)C1CCCC1)NC1CC1. The summed E-state index contributed by atoms with van der Waals surface area (Å²) in [6.45, 7) is 6.38. The van der Waals surface area contributed by atoms with Gasteiger partial charge in [0.15, 0.2) is 0 Å². The summed E-state index contributed by atoms with van der Waals surface area (Å²) in [5.41, 5.74) is 0. The van der Waals surface area contributed by atoms with Crippen molar-refractivity contribution in [2.75, 3.05) is 20.2 Å². The topological polar surface area (TPSA) is 41.6 Å². The van der Waals surface area contributed by atoms with Gasteiger partial charge in [0, 0.05) is 25.2 Å². The number of hydrogen-bond donors (Lipinski definition) is 1. The van der Waals surface area contributed by atoms with Gasteiger partial charge in [0.1, 0.15) is 6.04 Å². The minimum Gasteiger partial charge on any atom is -0.468 e. The molecule has 2 rings (SSSR count). The van der Waals surface area contributed by atoms with Crippen molar-refractivity contribution in [3.8, 4) is 0 Å². The van der Waals surface area contributed by atoms with Gasteiger partial charge in [-0.25, -0.2) is 0 Å². The molecular weight excluding hydrogens is 252 g/mol. The first-order chi connectivity index (χ1) is 9.60. The summed E-state index contributed by atoms with van der Waals surface area (Å²) in [6, 6.07) is 1.03. The summed E-state index contributed by atoms with van der Waals surface area (Å²) in [5.74, 6) is 0.526. The van der Waals surface area contributed by atoms with E-state index in [1.54, 1.807) is 0 Å². The molecule has 2 aliphatic carbocycles. The van der Waals surface area contributed by atoms with Crippen LogP contribution in [0.3, 0.4) is 0 Å². The van der Waals surface area contributed by atoms with Crippen molar-refractivity contribution >= 4 is 5.97 Å². The van der Waals surface area contributed by atoms with Crippen LogP contribution in [0.2, 0.25) is 0 Å². The highest BCUT2D eigenvalue weighted by atomic mass is 16.5. The van der Waals surface area contributed by atoms with Gasteiger partial charge in [-0.15, -0.1) is 0 Å². The minimum absolute atomic E-state index is 0.108. The Balaban J connectivity index is 1.95. The fourth-order valence-electron chi connectivity index (χ4n) is 3.22. The number of methoxy groups -OCH3 is 1. The fourth-order valence-corrected chi connectivity index (χ4v) is 3.22. The van der Waals surface area contributed by atoms with Crippen LogP contribution in [-0.2, 0) is 9.53 Å². The van der Waals surface area contributed by atoms with E-state index in [4.69, 9.17) is 4.74 Å². The molecule has 1 atom stereocenters. The number of rotatable bonds is 8. The molecule has 0 aromatic rings. The van der Waals surface area contributed by atoms with Crippen molar-refractivity contribution in [2.24, 2.45) is 5.92 Å². The van der Waals surface area contributed by atoms with Gasteiger partial charge in [0.2, 0.25) is 0 Å². The Morgan fingerprint density at radius 3 is 2.35 bits per heavy atom. The van der Waals surface area contributed by atoms with Crippen molar-refractivity contribution in [2.45, 2.75) is 70.5 Å². The predicted octanol–water partition coefficient (Wildman–Crippen LogP) is 2.18. The molecule has 2 fully saturated rings. The van der Waals surface area contributed by atoms with E-state index >= 15 is 0 Å². The van der Waals surface area contributed by atoms with E-state index in [2.05, 4.69) is 24.1 Å². The smallest absolute Gasteiger partial charge is 0.324 e. The normalized spacial score (nSPS) is 21.6. The van der Waals surface area contributed by atoms with Crippen LogP contribution in [0.4, 0.5) is 0 Å². The lowest BCUT2D eigenvalue weighted by molar-refractivity contribution is -0.144. The second-order valence-corrected chi connectivity index (χ2v) is 6.80. The third kappa shape index (κ3) is 4.74. The third-order valence-electron chi connectivity index (χ3n) is 4.36.